The fraction of sp³-hybridized carbons (Fsp3) is 0.619. The molecule has 0 N–H and O–H groups in total. The molecule has 2 aliphatic rings. The summed E-state index contributed by atoms with van der Waals surface area (Å²) < 4.78 is 0. The maximum absolute atomic E-state index is 12.6. The molecule has 0 spiro atoms. The van der Waals surface area contributed by atoms with Crippen LogP contribution in [0.15, 0.2) is 24.3 Å². The van der Waals surface area contributed by atoms with Crippen LogP contribution in [0.25, 0.3) is 0 Å². The summed E-state index contributed by atoms with van der Waals surface area (Å²) in [5.74, 6) is 0.783. The van der Waals surface area contributed by atoms with Crippen LogP contribution >= 0.6 is 0 Å². The van der Waals surface area contributed by atoms with Crippen molar-refractivity contribution in [3.05, 3.63) is 35.4 Å². The molecule has 0 unspecified atom stereocenters. The highest BCUT2D eigenvalue weighted by atomic mass is 16.2. The monoisotopic (exact) mass is 342 g/mol. The molecule has 3 rings (SSSR count). The first-order valence-electron chi connectivity index (χ1n) is 9.75. The second kappa shape index (κ2) is 8.50. The number of hydrogen-bond acceptors (Lipinski definition) is 2. The molecule has 2 amide bonds. The average molecular weight is 342 g/mol. The zero-order valence-corrected chi connectivity index (χ0v) is 15.4. The number of carbonyl (C=O) groups excluding carboxylic acids is 2. The summed E-state index contributed by atoms with van der Waals surface area (Å²) in [7, 11) is 0. The molecule has 0 atom stereocenters. The van der Waals surface area contributed by atoms with E-state index < -0.39 is 0 Å². The number of amides is 2. The van der Waals surface area contributed by atoms with E-state index in [1.165, 1.54) is 24.0 Å². The number of benzene rings is 1. The van der Waals surface area contributed by atoms with Gasteiger partial charge in [0.1, 0.15) is 0 Å². The van der Waals surface area contributed by atoms with E-state index in [1.807, 2.05) is 9.80 Å². The summed E-state index contributed by atoms with van der Waals surface area (Å²) in [6.07, 6.45) is 6.72. The third-order valence-electron chi connectivity index (χ3n) is 5.61. The minimum atomic E-state index is 0.218. The van der Waals surface area contributed by atoms with E-state index in [9.17, 15) is 9.59 Å². The molecule has 0 radical (unpaired) electrons. The molecule has 1 saturated carbocycles. The second-order valence-corrected chi connectivity index (χ2v) is 7.53. The summed E-state index contributed by atoms with van der Waals surface area (Å²) in [6, 6.07) is 8.40. The van der Waals surface area contributed by atoms with Crippen LogP contribution in [-0.2, 0) is 16.0 Å². The van der Waals surface area contributed by atoms with E-state index in [0.29, 0.717) is 25.4 Å². The van der Waals surface area contributed by atoms with Gasteiger partial charge < -0.3 is 9.80 Å². The maximum atomic E-state index is 12.6. The Morgan fingerprint density at radius 2 is 1.56 bits per heavy atom. The normalized spacial score (nSPS) is 19.1. The van der Waals surface area contributed by atoms with Crippen LogP contribution in [0.5, 0.6) is 0 Å². The standard InChI is InChI=1S/C21H30N2O2/c1-17-7-9-18(10-8-17)11-12-20(24)22-13-4-14-23(16-15-22)21(25)19-5-2-3-6-19/h7-10,19H,2-6,11-16H2,1H3. The molecule has 1 aliphatic carbocycles. The predicted molar refractivity (Wildman–Crippen MR) is 99.2 cm³/mol. The highest BCUT2D eigenvalue weighted by Gasteiger charge is 2.29. The number of carbonyl (C=O) groups is 2. The largest absolute Gasteiger partial charge is 0.341 e. The van der Waals surface area contributed by atoms with Gasteiger partial charge in [-0.1, -0.05) is 42.7 Å². The van der Waals surface area contributed by atoms with Gasteiger partial charge >= 0.3 is 0 Å². The van der Waals surface area contributed by atoms with Gasteiger partial charge in [0.05, 0.1) is 0 Å². The van der Waals surface area contributed by atoms with Crippen molar-refractivity contribution >= 4 is 11.8 Å². The Labute approximate surface area is 151 Å². The topological polar surface area (TPSA) is 40.6 Å². The smallest absolute Gasteiger partial charge is 0.225 e. The number of hydrogen-bond donors (Lipinski definition) is 0. The molecule has 1 saturated heterocycles. The molecule has 1 heterocycles. The average Bonchev–Trinajstić information content (AvgIpc) is 3.05. The van der Waals surface area contributed by atoms with Crippen molar-refractivity contribution in [1.29, 1.82) is 0 Å². The Kier molecular flexibility index (Phi) is 6.11. The highest BCUT2D eigenvalue weighted by Crippen LogP contribution is 2.27. The van der Waals surface area contributed by atoms with E-state index in [0.717, 1.165) is 38.8 Å². The molecular weight excluding hydrogens is 312 g/mol. The van der Waals surface area contributed by atoms with Crippen LogP contribution in [-0.4, -0.2) is 47.8 Å². The van der Waals surface area contributed by atoms with Crippen LogP contribution < -0.4 is 0 Å². The number of nitrogens with zero attached hydrogens (tertiary/aromatic N) is 2. The maximum Gasteiger partial charge on any atom is 0.225 e. The van der Waals surface area contributed by atoms with Crippen LogP contribution in [0.4, 0.5) is 0 Å². The quantitative estimate of drug-likeness (QED) is 0.843. The Balaban J connectivity index is 1.47. The minimum absolute atomic E-state index is 0.218. The van der Waals surface area contributed by atoms with Crippen molar-refractivity contribution in [1.82, 2.24) is 9.80 Å². The number of rotatable bonds is 4. The zero-order chi connectivity index (χ0) is 17.6. The van der Waals surface area contributed by atoms with Gasteiger partial charge in [-0.2, -0.15) is 0 Å². The van der Waals surface area contributed by atoms with Gasteiger partial charge in [0, 0.05) is 38.5 Å². The first-order valence-corrected chi connectivity index (χ1v) is 9.75. The van der Waals surface area contributed by atoms with Crippen LogP contribution in [0.2, 0.25) is 0 Å². The van der Waals surface area contributed by atoms with E-state index >= 15 is 0 Å². The molecule has 4 nitrogen and oxygen atoms in total. The first-order chi connectivity index (χ1) is 12.1. The fourth-order valence-electron chi connectivity index (χ4n) is 3.98. The van der Waals surface area contributed by atoms with Crippen LogP contribution in [0, 0.1) is 12.8 Å². The lowest BCUT2D eigenvalue weighted by atomic mass is 10.1. The molecule has 4 heteroatoms. The summed E-state index contributed by atoms with van der Waals surface area (Å²) in [4.78, 5) is 29.1. The minimum Gasteiger partial charge on any atom is -0.341 e. The van der Waals surface area contributed by atoms with E-state index in [2.05, 4.69) is 31.2 Å². The first kappa shape index (κ1) is 18.0. The molecule has 25 heavy (non-hydrogen) atoms. The Morgan fingerprint density at radius 1 is 0.920 bits per heavy atom. The zero-order valence-electron chi connectivity index (χ0n) is 15.4. The molecule has 0 aromatic heterocycles. The highest BCUT2D eigenvalue weighted by molar-refractivity contribution is 5.79. The van der Waals surface area contributed by atoms with Crippen molar-refractivity contribution in [2.45, 2.75) is 51.9 Å². The summed E-state index contributed by atoms with van der Waals surface area (Å²) in [5.41, 5.74) is 2.46. The van der Waals surface area contributed by atoms with E-state index in [-0.39, 0.29) is 11.8 Å². The van der Waals surface area contributed by atoms with Gasteiger partial charge in [0.15, 0.2) is 0 Å². The predicted octanol–water partition coefficient (Wildman–Crippen LogP) is 3.18. The van der Waals surface area contributed by atoms with Crippen molar-refractivity contribution < 1.29 is 9.59 Å². The lowest BCUT2D eigenvalue weighted by Crippen LogP contribution is -2.39. The lowest BCUT2D eigenvalue weighted by Gasteiger charge is -2.24. The summed E-state index contributed by atoms with van der Waals surface area (Å²) in [6.45, 7) is 5.04. The van der Waals surface area contributed by atoms with E-state index in [4.69, 9.17) is 0 Å². The van der Waals surface area contributed by atoms with Gasteiger partial charge in [-0.05, 0) is 38.2 Å². The molecule has 1 aliphatic heterocycles. The molecule has 1 aromatic rings. The SMILES string of the molecule is Cc1ccc(CCC(=O)N2CCCN(C(=O)C3CCCC3)CC2)cc1. The van der Waals surface area contributed by atoms with Gasteiger partial charge in [-0.15, -0.1) is 0 Å². The molecule has 136 valence electrons. The van der Waals surface area contributed by atoms with E-state index in [1.54, 1.807) is 0 Å². The molecule has 0 bridgehead atoms. The van der Waals surface area contributed by atoms with Gasteiger partial charge in [-0.25, -0.2) is 0 Å². The van der Waals surface area contributed by atoms with Crippen molar-refractivity contribution in [2.24, 2.45) is 5.92 Å². The van der Waals surface area contributed by atoms with Crippen LogP contribution in [0.1, 0.15) is 49.7 Å². The Hall–Kier alpha value is -1.84. The fourth-order valence-corrected chi connectivity index (χ4v) is 3.98. The summed E-state index contributed by atoms with van der Waals surface area (Å²) >= 11 is 0. The van der Waals surface area contributed by atoms with Crippen molar-refractivity contribution in [3.8, 4) is 0 Å². The number of aryl methyl sites for hydroxylation is 2. The van der Waals surface area contributed by atoms with Gasteiger partial charge in [0.2, 0.25) is 11.8 Å². The molecule has 1 aromatic carbocycles. The lowest BCUT2D eigenvalue weighted by molar-refractivity contribution is -0.136. The van der Waals surface area contributed by atoms with Crippen molar-refractivity contribution in [2.75, 3.05) is 26.2 Å². The van der Waals surface area contributed by atoms with Gasteiger partial charge in [0.25, 0.3) is 0 Å². The molecule has 2 fully saturated rings. The Morgan fingerprint density at radius 3 is 2.28 bits per heavy atom. The van der Waals surface area contributed by atoms with Crippen LogP contribution in [0.3, 0.4) is 0 Å². The third kappa shape index (κ3) is 4.83. The third-order valence-corrected chi connectivity index (χ3v) is 5.61. The van der Waals surface area contributed by atoms with Crippen molar-refractivity contribution in [3.63, 3.8) is 0 Å². The summed E-state index contributed by atoms with van der Waals surface area (Å²) in [5, 5.41) is 0. The molecular formula is C21H30N2O2. The van der Waals surface area contributed by atoms with Gasteiger partial charge in [-0.3, -0.25) is 9.59 Å². The second-order valence-electron chi connectivity index (χ2n) is 7.53. The Bertz CT molecular complexity index is 590.